The molecule has 0 aromatic heterocycles. The molecule has 0 saturated carbocycles. The van der Waals surface area contributed by atoms with Crippen LogP contribution in [-0.4, -0.2) is 35.0 Å². The third kappa shape index (κ3) is 2.19. The molecule has 90 valence electrons. The molecular formula is C13H17N3S. The fraction of sp³-hybridized carbons (Fsp3) is 0.462. The Labute approximate surface area is 106 Å². The number of likely N-dealkylation sites (tertiary alicyclic amines) is 1. The van der Waals surface area contributed by atoms with Gasteiger partial charge < -0.3 is 4.90 Å². The van der Waals surface area contributed by atoms with E-state index >= 15 is 0 Å². The topological polar surface area (TPSA) is 27.6 Å². The number of hydrogen-bond donors (Lipinski definition) is 1. The number of thioether (sulfide) groups is 1. The minimum Gasteiger partial charge on any atom is -0.306 e. The molecule has 4 heteroatoms. The molecule has 1 N–H and O–H groups in total. The van der Waals surface area contributed by atoms with Crippen LogP contribution in [0.1, 0.15) is 18.4 Å². The Bertz CT molecular complexity index is 422. The van der Waals surface area contributed by atoms with Gasteiger partial charge in [-0.2, -0.15) is 5.10 Å². The Balaban J connectivity index is 1.73. The zero-order chi connectivity index (χ0) is 11.7. The summed E-state index contributed by atoms with van der Waals surface area (Å²) in [4.78, 5) is 2.53. The van der Waals surface area contributed by atoms with Crippen molar-refractivity contribution in [1.29, 1.82) is 0 Å². The molecule has 3 rings (SSSR count). The Kier molecular flexibility index (Phi) is 2.84. The summed E-state index contributed by atoms with van der Waals surface area (Å²) < 4.78 is 0. The minimum absolute atomic E-state index is 0.150. The first-order valence-electron chi connectivity index (χ1n) is 6.05. The molecule has 1 spiro atoms. The minimum atomic E-state index is 0.150. The van der Waals surface area contributed by atoms with Crippen LogP contribution in [0.3, 0.4) is 0 Å². The number of hydrogen-bond acceptors (Lipinski definition) is 4. The van der Waals surface area contributed by atoms with Crippen molar-refractivity contribution in [3.63, 3.8) is 0 Å². The molecule has 1 aromatic carbocycles. The first-order chi connectivity index (χ1) is 8.27. The summed E-state index contributed by atoms with van der Waals surface area (Å²) in [5.74, 6) is 0. The molecule has 0 amide bonds. The van der Waals surface area contributed by atoms with Gasteiger partial charge in [0.25, 0.3) is 0 Å². The molecular weight excluding hydrogens is 230 g/mol. The summed E-state index contributed by atoms with van der Waals surface area (Å²) in [5.41, 5.74) is 4.59. The highest BCUT2D eigenvalue weighted by Crippen LogP contribution is 2.39. The fourth-order valence-corrected chi connectivity index (χ4v) is 3.47. The maximum Gasteiger partial charge on any atom is 0.126 e. The molecule has 1 saturated heterocycles. The molecule has 2 aliphatic rings. The highest BCUT2D eigenvalue weighted by Gasteiger charge is 2.39. The van der Waals surface area contributed by atoms with Gasteiger partial charge in [0.15, 0.2) is 0 Å². The van der Waals surface area contributed by atoms with Crippen molar-refractivity contribution in [2.75, 3.05) is 20.1 Å². The molecule has 2 heterocycles. The van der Waals surface area contributed by atoms with E-state index in [9.17, 15) is 0 Å². The maximum atomic E-state index is 4.52. The van der Waals surface area contributed by atoms with Crippen LogP contribution in [0.2, 0.25) is 0 Å². The Morgan fingerprint density at radius 3 is 2.65 bits per heavy atom. The lowest BCUT2D eigenvalue weighted by Crippen LogP contribution is -2.46. The maximum absolute atomic E-state index is 4.52. The molecule has 0 aliphatic carbocycles. The second kappa shape index (κ2) is 4.35. The van der Waals surface area contributed by atoms with E-state index < -0.39 is 0 Å². The standard InChI is InChI=1S/C13H17N3S/c1-16-9-7-13(8-10-16)15-14-12(17-13)11-5-3-2-4-6-11/h2-6,15H,7-10H2,1H3. The Hall–Kier alpha value is -1.00. The highest BCUT2D eigenvalue weighted by molar-refractivity contribution is 8.15. The van der Waals surface area contributed by atoms with E-state index in [0.717, 1.165) is 31.0 Å². The van der Waals surface area contributed by atoms with Gasteiger partial charge in [0.2, 0.25) is 0 Å². The largest absolute Gasteiger partial charge is 0.306 e. The van der Waals surface area contributed by atoms with Crippen molar-refractivity contribution < 1.29 is 0 Å². The summed E-state index contributed by atoms with van der Waals surface area (Å²) in [6.45, 7) is 2.30. The highest BCUT2D eigenvalue weighted by atomic mass is 32.2. The summed E-state index contributed by atoms with van der Waals surface area (Å²) in [5, 5.41) is 5.65. The molecule has 2 aliphatic heterocycles. The van der Waals surface area contributed by atoms with Crippen molar-refractivity contribution in [3.05, 3.63) is 35.9 Å². The van der Waals surface area contributed by atoms with Crippen molar-refractivity contribution in [3.8, 4) is 0 Å². The molecule has 0 bridgehead atoms. The van der Waals surface area contributed by atoms with Gasteiger partial charge in [-0.3, -0.25) is 5.43 Å². The zero-order valence-corrected chi connectivity index (χ0v) is 10.8. The molecule has 1 fully saturated rings. The van der Waals surface area contributed by atoms with Gasteiger partial charge in [0.05, 0.1) is 0 Å². The summed E-state index contributed by atoms with van der Waals surface area (Å²) >= 11 is 1.90. The van der Waals surface area contributed by atoms with E-state index in [1.54, 1.807) is 0 Å². The first-order valence-corrected chi connectivity index (χ1v) is 6.87. The summed E-state index contributed by atoms with van der Waals surface area (Å²) in [6.07, 6.45) is 2.32. The van der Waals surface area contributed by atoms with E-state index in [0.29, 0.717) is 0 Å². The van der Waals surface area contributed by atoms with E-state index in [4.69, 9.17) is 0 Å². The third-order valence-electron chi connectivity index (χ3n) is 3.47. The monoisotopic (exact) mass is 247 g/mol. The molecule has 3 nitrogen and oxygen atoms in total. The average molecular weight is 247 g/mol. The zero-order valence-electron chi connectivity index (χ0n) is 10.0. The molecule has 0 atom stereocenters. The smallest absolute Gasteiger partial charge is 0.126 e. The first kappa shape index (κ1) is 11.1. The third-order valence-corrected chi connectivity index (χ3v) is 4.88. The van der Waals surface area contributed by atoms with Crippen LogP contribution in [0.4, 0.5) is 0 Å². The molecule has 1 aromatic rings. The number of nitrogens with zero attached hydrogens (tertiary/aromatic N) is 2. The summed E-state index contributed by atoms with van der Waals surface area (Å²) in [6, 6.07) is 10.4. The van der Waals surface area contributed by atoms with Crippen LogP contribution in [0.5, 0.6) is 0 Å². The van der Waals surface area contributed by atoms with Crippen LogP contribution in [0, 0.1) is 0 Å². The SMILES string of the molecule is CN1CCC2(CC1)NN=C(c1ccccc1)S2. The van der Waals surface area contributed by atoms with Crippen molar-refractivity contribution in [2.24, 2.45) is 5.10 Å². The van der Waals surface area contributed by atoms with Crippen LogP contribution in [0.25, 0.3) is 0 Å². The van der Waals surface area contributed by atoms with Gasteiger partial charge in [-0.15, -0.1) is 0 Å². The average Bonchev–Trinajstić information content (AvgIpc) is 2.79. The van der Waals surface area contributed by atoms with E-state index in [2.05, 4.69) is 46.7 Å². The van der Waals surface area contributed by atoms with Crippen LogP contribution in [-0.2, 0) is 0 Å². The summed E-state index contributed by atoms with van der Waals surface area (Å²) in [7, 11) is 2.19. The van der Waals surface area contributed by atoms with E-state index in [-0.39, 0.29) is 4.87 Å². The second-order valence-corrected chi connectivity index (χ2v) is 6.17. The van der Waals surface area contributed by atoms with Gasteiger partial charge in [-0.05, 0) is 19.9 Å². The number of rotatable bonds is 1. The van der Waals surface area contributed by atoms with Crippen LogP contribution < -0.4 is 5.43 Å². The molecule has 0 unspecified atom stereocenters. The number of piperidine rings is 1. The van der Waals surface area contributed by atoms with Gasteiger partial charge in [-0.1, -0.05) is 42.1 Å². The van der Waals surface area contributed by atoms with Crippen LogP contribution in [0.15, 0.2) is 35.4 Å². The van der Waals surface area contributed by atoms with E-state index in [1.807, 2.05) is 17.8 Å². The van der Waals surface area contributed by atoms with Crippen molar-refractivity contribution >= 4 is 16.8 Å². The van der Waals surface area contributed by atoms with Gasteiger partial charge in [-0.25, -0.2) is 0 Å². The van der Waals surface area contributed by atoms with Crippen LogP contribution >= 0.6 is 11.8 Å². The van der Waals surface area contributed by atoms with Crippen molar-refractivity contribution in [2.45, 2.75) is 17.7 Å². The Morgan fingerprint density at radius 1 is 1.24 bits per heavy atom. The van der Waals surface area contributed by atoms with Gasteiger partial charge in [0.1, 0.15) is 9.91 Å². The lowest BCUT2D eigenvalue weighted by molar-refractivity contribution is 0.221. The Morgan fingerprint density at radius 2 is 1.94 bits per heavy atom. The van der Waals surface area contributed by atoms with Gasteiger partial charge >= 0.3 is 0 Å². The predicted octanol–water partition coefficient (Wildman–Crippen LogP) is 2.11. The van der Waals surface area contributed by atoms with Crippen molar-refractivity contribution in [1.82, 2.24) is 10.3 Å². The quantitative estimate of drug-likeness (QED) is 0.823. The number of hydrazone groups is 1. The number of nitrogens with one attached hydrogen (secondary N) is 1. The van der Waals surface area contributed by atoms with Gasteiger partial charge in [0, 0.05) is 18.7 Å². The lowest BCUT2D eigenvalue weighted by atomic mass is 10.1. The number of benzene rings is 1. The van der Waals surface area contributed by atoms with E-state index in [1.165, 1.54) is 5.56 Å². The predicted molar refractivity (Wildman–Crippen MR) is 73.2 cm³/mol. The molecule has 17 heavy (non-hydrogen) atoms. The fourth-order valence-electron chi connectivity index (χ4n) is 2.28. The normalized spacial score (nSPS) is 23.5. The second-order valence-electron chi connectivity index (χ2n) is 4.79. The molecule has 0 radical (unpaired) electrons. The lowest BCUT2D eigenvalue weighted by Gasteiger charge is -2.36.